The van der Waals surface area contributed by atoms with Crippen molar-refractivity contribution in [2.45, 2.75) is 26.2 Å². The Bertz CT molecular complexity index is 326. The average molecular weight is 242 g/mol. The number of aryl methyl sites for hydroxylation is 2. The van der Waals surface area contributed by atoms with Gasteiger partial charge in [0.15, 0.2) is 0 Å². The minimum absolute atomic E-state index is 0.0850. The Hall–Kier alpha value is -0.940. The van der Waals surface area contributed by atoms with Gasteiger partial charge in [0.2, 0.25) is 5.91 Å². The highest BCUT2D eigenvalue weighted by Crippen LogP contribution is 2.09. The molecule has 0 fully saturated rings. The number of methoxy groups -OCH3 is 1. The van der Waals surface area contributed by atoms with E-state index < -0.39 is 0 Å². The van der Waals surface area contributed by atoms with E-state index >= 15 is 0 Å². The summed E-state index contributed by atoms with van der Waals surface area (Å²) in [6, 6.07) is 0. The Labute approximate surface area is 100 Å². The lowest BCUT2D eigenvalue weighted by atomic mass is 10.2. The second-order valence-corrected chi connectivity index (χ2v) is 4.62. The third-order valence-corrected chi connectivity index (χ3v) is 2.94. The summed E-state index contributed by atoms with van der Waals surface area (Å²) in [7, 11) is 1.66. The zero-order valence-electron chi connectivity index (χ0n) is 9.78. The van der Waals surface area contributed by atoms with Crippen molar-refractivity contribution in [2.24, 2.45) is 0 Å². The predicted molar refractivity (Wildman–Crippen MR) is 64.7 cm³/mol. The van der Waals surface area contributed by atoms with Crippen molar-refractivity contribution in [1.29, 1.82) is 0 Å². The van der Waals surface area contributed by atoms with Crippen LogP contribution in [-0.4, -0.2) is 31.2 Å². The Kier molecular flexibility index (Phi) is 6.03. The van der Waals surface area contributed by atoms with Gasteiger partial charge in [-0.25, -0.2) is 4.98 Å². The fourth-order valence-corrected chi connectivity index (χ4v) is 1.94. The second kappa shape index (κ2) is 7.35. The van der Waals surface area contributed by atoms with E-state index in [4.69, 9.17) is 4.74 Å². The molecule has 4 nitrogen and oxygen atoms in total. The van der Waals surface area contributed by atoms with Crippen LogP contribution in [0, 0.1) is 6.92 Å². The molecular formula is C11H18N2O2S. The summed E-state index contributed by atoms with van der Waals surface area (Å²) in [5.74, 6) is 0.0850. The lowest BCUT2D eigenvalue weighted by Gasteiger charge is -2.03. The lowest BCUT2D eigenvalue weighted by Crippen LogP contribution is -2.25. The van der Waals surface area contributed by atoms with Crippen LogP contribution in [0.1, 0.15) is 23.5 Å². The molecule has 0 saturated carbocycles. The first-order valence-corrected chi connectivity index (χ1v) is 6.27. The van der Waals surface area contributed by atoms with Crippen molar-refractivity contribution in [3.63, 3.8) is 0 Å². The molecule has 0 atom stereocenters. The van der Waals surface area contributed by atoms with Crippen LogP contribution in [0.2, 0.25) is 0 Å². The lowest BCUT2D eigenvalue weighted by molar-refractivity contribution is -0.121. The number of hydrogen-bond donors (Lipinski definition) is 1. The van der Waals surface area contributed by atoms with Crippen LogP contribution in [0.4, 0.5) is 0 Å². The molecule has 0 aromatic carbocycles. The van der Waals surface area contributed by atoms with Gasteiger partial charge in [0.05, 0.1) is 10.7 Å². The van der Waals surface area contributed by atoms with Gasteiger partial charge in [-0.3, -0.25) is 4.79 Å². The molecule has 0 spiro atoms. The Morgan fingerprint density at radius 2 is 2.44 bits per heavy atom. The number of nitrogens with zero attached hydrogens (tertiary/aromatic N) is 1. The third-order valence-electron chi connectivity index (χ3n) is 2.12. The van der Waals surface area contributed by atoms with Crippen molar-refractivity contribution in [1.82, 2.24) is 10.3 Å². The van der Waals surface area contributed by atoms with Crippen LogP contribution in [0.25, 0.3) is 0 Å². The first kappa shape index (κ1) is 13.1. The van der Waals surface area contributed by atoms with Gasteiger partial charge in [0, 0.05) is 32.1 Å². The minimum atomic E-state index is 0.0850. The Morgan fingerprint density at radius 3 is 3.06 bits per heavy atom. The van der Waals surface area contributed by atoms with Crippen LogP contribution >= 0.6 is 11.3 Å². The standard InChI is InChI=1S/C11H18N2O2S/c1-9-13-10(8-16-9)4-5-11(14)12-6-3-7-15-2/h8H,3-7H2,1-2H3,(H,12,14). The van der Waals surface area contributed by atoms with Gasteiger partial charge in [0.1, 0.15) is 0 Å². The number of amides is 1. The summed E-state index contributed by atoms with van der Waals surface area (Å²) in [6.45, 7) is 3.34. The third kappa shape index (κ3) is 5.23. The van der Waals surface area contributed by atoms with E-state index in [9.17, 15) is 4.79 Å². The van der Waals surface area contributed by atoms with E-state index in [1.807, 2.05) is 12.3 Å². The first-order chi connectivity index (χ1) is 7.72. The zero-order valence-corrected chi connectivity index (χ0v) is 10.6. The predicted octanol–water partition coefficient (Wildman–Crippen LogP) is 1.54. The first-order valence-electron chi connectivity index (χ1n) is 5.39. The van der Waals surface area contributed by atoms with Crippen molar-refractivity contribution >= 4 is 17.2 Å². The monoisotopic (exact) mass is 242 g/mol. The van der Waals surface area contributed by atoms with Crippen LogP contribution < -0.4 is 5.32 Å². The van der Waals surface area contributed by atoms with Gasteiger partial charge < -0.3 is 10.1 Å². The molecule has 0 aliphatic heterocycles. The molecule has 0 bridgehead atoms. The molecule has 16 heavy (non-hydrogen) atoms. The molecule has 0 radical (unpaired) electrons. The number of thiazole rings is 1. The van der Waals surface area contributed by atoms with Crippen LogP contribution in [0.5, 0.6) is 0 Å². The summed E-state index contributed by atoms with van der Waals surface area (Å²) in [5, 5.41) is 5.91. The van der Waals surface area contributed by atoms with Crippen LogP contribution in [0.3, 0.4) is 0 Å². The van der Waals surface area contributed by atoms with E-state index in [0.717, 1.165) is 23.5 Å². The normalized spacial score (nSPS) is 10.4. The van der Waals surface area contributed by atoms with Crippen LogP contribution in [0.15, 0.2) is 5.38 Å². The number of carbonyl (C=O) groups is 1. The van der Waals surface area contributed by atoms with Gasteiger partial charge in [-0.15, -0.1) is 11.3 Å². The fraction of sp³-hybridized carbons (Fsp3) is 0.636. The van der Waals surface area contributed by atoms with E-state index in [1.54, 1.807) is 18.4 Å². The topological polar surface area (TPSA) is 51.2 Å². The molecule has 0 aliphatic rings. The summed E-state index contributed by atoms with van der Waals surface area (Å²) in [4.78, 5) is 15.7. The smallest absolute Gasteiger partial charge is 0.220 e. The molecule has 0 aliphatic carbocycles. The van der Waals surface area contributed by atoms with Crippen molar-refractivity contribution in [3.05, 3.63) is 16.1 Å². The number of hydrogen-bond acceptors (Lipinski definition) is 4. The van der Waals surface area contributed by atoms with E-state index in [0.29, 0.717) is 19.6 Å². The number of nitrogens with one attached hydrogen (secondary N) is 1. The minimum Gasteiger partial charge on any atom is -0.385 e. The van der Waals surface area contributed by atoms with Gasteiger partial charge in [0.25, 0.3) is 0 Å². The number of rotatable bonds is 7. The maximum atomic E-state index is 11.4. The van der Waals surface area contributed by atoms with Gasteiger partial charge >= 0.3 is 0 Å². The quantitative estimate of drug-likeness (QED) is 0.738. The highest BCUT2D eigenvalue weighted by atomic mass is 32.1. The van der Waals surface area contributed by atoms with Gasteiger partial charge in [-0.2, -0.15) is 0 Å². The van der Waals surface area contributed by atoms with Gasteiger partial charge in [-0.05, 0) is 19.8 Å². The average Bonchev–Trinajstić information content (AvgIpc) is 2.68. The van der Waals surface area contributed by atoms with Gasteiger partial charge in [-0.1, -0.05) is 0 Å². The maximum Gasteiger partial charge on any atom is 0.220 e. The molecule has 0 saturated heterocycles. The number of carbonyl (C=O) groups excluding carboxylic acids is 1. The summed E-state index contributed by atoms with van der Waals surface area (Å²) in [5.41, 5.74) is 1.01. The van der Waals surface area contributed by atoms with Crippen molar-refractivity contribution in [2.75, 3.05) is 20.3 Å². The molecule has 1 heterocycles. The van der Waals surface area contributed by atoms with Crippen LogP contribution in [-0.2, 0) is 16.0 Å². The summed E-state index contributed by atoms with van der Waals surface area (Å²) >= 11 is 1.62. The molecular weight excluding hydrogens is 224 g/mol. The highest BCUT2D eigenvalue weighted by molar-refractivity contribution is 7.09. The molecule has 1 rings (SSSR count). The second-order valence-electron chi connectivity index (χ2n) is 3.55. The fourth-order valence-electron chi connectivity index (χ4n) is 1.30. The van der Waals surface area contributed by atoms with Crippen molar-refractivity contribution < 1.29 is 9.53 Å². The zero-order chi connectivity index (χ0) is 11.8. The molecule has 1 N–H and O–H groups in total. The summed E-state index contributed by atoms with van der Waals surface area (Å²) in [6.07, 6.45) is 2.09. The largest absolute Gasteiger partial charge is 0.385 e. The van der Waals surface area contributed by atoms with E-state index in [2.05, 4.69) is 10.3 Å². The molecule has 1 aromatic rings. The van der Waals surface area contributed by atoms with E-state index in [1.165, 1.54) is 0 Å². The number of ether oxygens (including phenoxy) is 1. The molecule has 0 unspecified atom stereocenters. The maximum absolute atomic E-state index is 11.4. The Morgan fingerprint density at radius 1 is 1.62 bits per heavy atom. The molecule has 1 amide bonds. The summed E-state index contributed by atoms with van der Waals surface area (Å²) < 4.78 is 4.90. The number of aromatic nitrogens is 1. The molecule has 1 aromatic heterocycles. The molecule has 90 valence electrons. The molecule has 5 heteroatoms. The van der Waals surface area contributed by atoms with Crippen molar-refractivity contribution in [3.8, 4) is 0 Å². The SMILES string of the molecule is COCCCNC(=O)CCc1csc(C)n1. The Balaban J connectivity index is 2.10. The highest BCUT2D eigenvalue weighted by Gasteiger charge is 2.03. The van der Waals surface area contributed by atoms with E-state index in [-0.39, 0.29) is 5.91 Å².